The van der Waals surface area contributed by atoms with Crippen molar-refractivity contribution in [3.05, 3.63) is 41.0 Å². The minimum absolute atomic E-state index is 0.541. The summed E-state index contributed by atoms with van der Waals surface area (Å²) in [4.78, 5) is 7.23. The zero-order valence-corrected chi connectivity index (χ0v) is 16.4. The number of fused-ring (bicyclic) bond motifs is 1. The van der Waals surface area contributed by atoms with E-state index in [2.05, 4.69) is 38.6 Å². The van der Waals surface area contributed by atoms with Crippen molar-refractivity contribution in [2.75, 3.05) is 13.2 Å². The van der Waals surface area contributed by atoms with Gasteiger partial charge in [0.15, 0.2) is 11.8 Å². The van der Waals surface area contributed by atoms with Crippen molar-refractivity contribution >= 4 is 5.96 Å². The van der Waals surface area contributed by atoms with E-state index in [1.165, 1.54) is 24.0 Å². The number of hydrogen-bond acceptors (Lipinski definition) is 4. The minimum atomic E-state index is 0.541. The first-order valence-corrected chi connectivity index (χ1v) is 9.79. The number of hydrogen-bond donors (Lipinski definition) is 1. The number of guanidine groups is 1. The maximum Gasteiger partial charge on any atom is 0.194 e. The molecular formula is C20H28N6O. The van der Waals surface area contributed by atoms with Crippen molar-refractivity contribution in [2.45, 2.75) is 52.2 Å². The summed E-state index contributed by atoms with van der Waals surface area (Å²) in [5, 5.41) is 12.0. The number of benzene rings is 1. The number of aliphatic imine (C=N–C) groups is 1. The van der Waals surface area contributed by atoms with E-state index in [1.54, 1.807) is 0 Å². The summed E-state index contributed by atoms with van der Waals surface area (Å²) in [6.07, 6.45) is 3.46. The average molecular weight is 368 g/mol. The number of ether oxygens (including phenoxy) is 1. The Morgan fingerprint density at radius 3 is 2.85 bits per heavy atom. The third-order valence-corrected chi connectivity index (χ3v) is 5.26. The third kappa shape index (κ3) is 4.07. The van der Waals surface area contributed by atoms with Crippen LogP contribution in [0.5, 0.6) is 5.75 Å². The molecule has 2 aromatic rings. The van der Waals surface area contributed by atoms with Gasteiger partial charge in [0.25, 0.3) is 0 Å². The van der Waals surface area contributed by atoms with Crippen molar-refractivity contribution in [2.24, 2.45) is 12.0 Å². The summed E-state index contributed by atoms with van der Waals surface area (Å²) in [7, 11) is 1.99. The van der Waals surface area contributed by atoms with Gasteiger partial charge in [-0.1, -0.05) is 6.07 Å². The second-order valence-corrected chi connectivity index (χ2v) is 7.32. The van der Waals surface area contributed by atoms with Crippen molar-refractivity contribution in [1.29, 1.82) is 0 Å². The van der Waals surface area contributed by atoms with Crippen LogP contribution in [0.15, 0.2) is 23.2 Å². The molecule has 0 radical (unpaired) electrons. The number of nitrogens with one attached hydrogen (secondary N) is 1. The summed E-state index contributed by atoms with van der Waals surface area (Å²) >= 11 is 0. The zero-order valence-electron chi connectivity index (χ0n) is 16.4. The molecule has 2 aliphatic rings. The topological polar surface area (TPSA) is 67.6 Å². The number of aryl methyl sites for hydroxylation is 1. The van der Waals surface area contributed by atoms with E-state index in [0.717, 1.165) is 42.9 Å². The van der Waals surface area contributed by atoms with E-state index in [-0.39, 0.29) is 0 Å². The van der Waals surface area contributed by atoms with Gasteiger partial charge >= 0.3 is 0 Å². The Balaban J connectivity index is 1.50. The van der Waals surface area contributed by atoms with Gasteiger partial charge in [-0.15, -0.1) is 10.2 Å². The van der Waals surface area contributed by atoms with E-state index < -0.39 is 0 Å². The zero-order chi connectivity index (χ0) is 18.8. The Morgan fingerprint density at radius 1 is 1.30 bits per heavy atom. The molecule has 1 saturated carbocycles. The van der Waals surface area contributed by atoms with Crippen LogP contribution in [0.2, 0.25) is 0 Å². The second kappa shape index (κ2) is 7.58. The molecule has 1 aromatic heterocycles. The third-order valence-electron chi connectivity index (χ3n) is 5.26. The first-order valence-electron chi connectivity index (χ1n) is 9.79. The van der Waals surface area contributed by atoms with Gasteiger partial charge in [-0.05, 0) is 56.4 Å². The van der Waals surface area contributed by atoms with Crippen molar-refractivity contribution < 1.29 is 4.74 Å². The normalized spacial score (nSPS) is 17.0. The quantitative estimate of drug-likeness (QED) is 0.647. The lowest BCUT2D eigenvalue weighted by molar-refractivity contribution is 0.337. The first kappa shape index (κ1) is 17.8. The van der Waals surface area contributed by atoms with E-state index in [1.807, 2.05) is 25.5 Å². The predicted molar refractivity (Wildman–Crippen MR) is 105 cm³/mol. The molecule has 1 aliphatic heterocycles. The lowest BCUT2D eigenvalue weighted by Gasteiger charge is -2.32. The molecule has 0 atom stereocenters. The summed E-state index contributed by atoms with van der Waals surface area (Å²) in [5.74, 6) is 3.75. The van der Waals surface area contributed by atoms with Gasteiger partial charge in [0.1, 0.15) is 18.1 Å². The molecule has 0 spiro atoms. The van der Waals surface area contributed by atoms with Crippen LogP contribution in [-0.2, 0) is 26.6 Å². The molecule has 7 heteroatoms. The highest BCUT2D eigenvalue weighted by molar-refractivity contribution is 5.81. The molecular weight excluding hydrogens is 340 g/mol. The summed E-state index contributed by atoms with van der Waals surface area (Å²) in [6, 6.07) is 7.00. The van der Waals surface area contributed by atoms with Gasteiger partial charge < -0.3 is 19.5 Å². The van der Waals surface area contributed by atoms with Crippen LogP contribution < -0.4 is 10.1 Å². The summed E-state index contributed by atoms with van der Waals surface area (Å²) in [6.45, 7) is 7.05. The van der Waals surface area contributed by atoms with Crippen LogP contribution >= 0.6 is 0 Å². The fourth-order valence-electron chi connectivity index (χ4n) is 3.35. The molecule has 1 aliphatic carbocycles. The lowest BCUT2D eigenvalue weighted by Crippen LogP contribution is -2.45. The lowest BCUT2D eigenvalue weighted by atomic mass is 9.99. The molecule has 4 rings (SSSR count). The largest absolute Gasteiger partial charge is 0.494 e. The molecule has 1 aromatic carbocycles. The van der Waals surface area contributed by atoms with Crippen LogP contribution in [0.3, 0.4) is 0 Å². The number of nitrogens with zero attached hydrogens (tertiary/aromatic N) is 5. The molecule has 0 saturated heterocycles. The van der Waals surface area contributed by atoms with Gasteiger partial charge in [0.05, 0.1) is 6.61 Å². The molecule has 0 amide bonds. The Morgan fingerprint density at radius 2 is 2.15 bits per heavy atom. The Kier molecular flexibility index (Phi) is 5.01. The summed E-state index contributed by atoms with van der Waals surface area (Å²) in [5.41, 5.74) is 2.73. The molecule has 0 unspecified atom stereocenters. The smallest absolute Gasteiger partial charge is 0.194 e. The fourth-order valence-corrected chi connectivity index (χ4v) is 3.35. The van der Waals surface area contributed by atoms with Crippen molar-refractivity contribution in [3.8, 4) is 5.75 Å². The average Bonchev–Trinajstić information content (AvgIpc) is 3.44. The van der Waals surface area contributed by atoms with Crippen LogP contribution in [-0.4, -0.2) is 44.8 Å². The number of rotatable bonds is 5. The maximum atomic E-state index is 5.64. The fraction of sp³-hybridized carbons (Fsp3) is 0.550. The standard InChI is InChI=1S/C20H28N6O/c1-4-27-18-8-5-16-13-26(10-9-15(16)11-18)20(22-17-6-7-17)21-12-19-24-23-14(2)25(19)3/h5,8,11,17H,4,6-7,9-10,12-13H2,1-3H3,(H,21,22). The predicted octanol–water partition coefficient (Wildman–Crippen LogP) is 2.19. The SMILES string of the molecule is CCOc1ccc2c(c1)CCN(C(=NCc1nnc(C)n1C)NC1CC1)C2. The molecule has 2 heterocycles. The minimum Gasteiger partial charge on any atom is -0.494 e. The van der Waals surface area contributed by atoms with Gasteiger partial charge in [0.2, 0.25) is 0 Å². The second-order valence-electron chi connectivity index (χ2n) is 7.32. The monoisotopic (exact) mass is 368 g/mol. The molecule has 0 bridgehead atoms. The molecule has 1 N–H and O–H groups in total. The molecule has 1 fully saturated rings. The summed E-state index contributed by atoms with van der Waals surface area (Å²) < 4.78 is 7.64. The van der Waals surface area contributed by atoms with Crippen molar-refractivity contribution in [3.63, 3.8) is 0 Å². The van der Waals surface area contributed by atoms with Gasteiger partial charge in [-0.2, -0.15) is 0 Å². The van der Waals surface area contributed by atoms with Gasteiger partial charge in [0, 0.05) is 26.2 Å². The van der Waals surface area contributed by atoms with Crippen LogP contribution in [0, 0.1) is 6.92 Å². The van der Waals surface area contributed by atoms with Crippen LogP contribution in [0.4, 0.5) is 0 Å². The highest BCUT2D eigenvalue weighted by Crippen LogP contribution is 2.25. The van der Waals surface area contributed by atoms with E-state index >= 15 is 0 Å². The molecule has 7 nitrogen and oxygen atoms in total. The van der Waals surface area contributed by atoms with E-state index in [4.69, 9.17) is 9.73 Å². The number of aromatic nitrogens is 3. The van der Waals surface area contributed by atoms with Crippen LogP contribution in [0.1, 0.15) is 42.5 Å². The Bertz CT molecular complexity index is 839. The molecule has 27 heavy (non-hydrogen) atoms. The highest BCUT2D eigenvalue weighted by Gasteiger charge is 2.27. The van der Waals surface area contributed by atoms with Gasteiger partial charge in [-0.3, -0.25) is 0 Å². The van der Waals surface area contributed by atoms with Gasteiger partial charge in [-0.25, -0.2) is 4.99 Å². The molecule has 144 valence electrons. The first-order chi connectivity index (χ1) is 13.1. The highest BCUT2D eigenvalue weighted by atomic mass is 16.5. The maximum absolute atomic E-state index is 5.64. The Labute approximate surface area is 160 Å². The van der Waals surface area contributed by atoms with Crippen molar-refractivity contribution in [1.82, 2.24) is 25.0 Å². The van der Waals surface area contributed by atoms with E-state index in [9.17, 15) is 0 Å². The van der Waals surface area contributed by atoms with Crippen LogP contribution in [0.25, 0.3) is 0 Å². The Hall–Kier alpha value is -2.57. The van der Waals surface area contributed by atoms with E-state index in [0.29, 0.717) is 19.2 Å².